The maximum atomic E-state index is 12.5. The van der Waals surface area contributed by atoms with Gasteiger partial charge < -0.3 is 19.7 Å². The topological polar surface area (TPSA) is 67.9 Å². The third kappa shape index (κ3) is 3.00. The minimum Gasteiger partial charge on any atom is -0.486 e. The van der Waals surface area contributed by atoms with Crippen LogP contribution in [0.15, 0.2) is 18.2 Å². The highest BCUT2D eigenvalue weighted by Gasteiger charge is 2.27. The van der Waals surface area contributed by atoms with Crippen LogP contribution in [0.4, 0.5) is 0 Å². The van der Waals surface area contributed by atoms with E-state index < -0.39 is 6.04 Å². The highest BCUT2D eigenvalue weighted by Crippen LogP contribution is 2.31. The molecule has 22 heavy (non-hydrogen) atoms. The molecule has 3 rings (SSSR count). The highest BCUT2D eigenvalue weighted by molar-refractivity contribution is 5.88. The molecular formula is C16H20N2O4. The number of fused-ring (bicyclic) bond motifs is 1. The van der Waals surface area contributed by atoms with Crippen molar-refractivity contribution in [3.8, 4) is 11.5 Å². The van der Waals surface area contributed by atoms with Crippen molar-refractivity contribution in [1.29, 1.82) is 0 Å². The number of hydrogen-bond acceptors (Lipinski definition) is 4. The molecule has 6 heteroatoms. The molecule has 0 saturated carbocycles. The Morgan fingerprint density at radius 3 is 2.91 bits per heavy atom. The molecule has 0 aromatic heterocycles. The third-order valence-electron chi connectivity index (χ3n) is 4.00. The first kappa shape index (κ1) is 14.7. The molecular weight excluding hydrogens is 284 g/mol. The van der Waals surface area contributed by atoms with Gasteiger partial charge in [-0.25, -0.2) is 0 Å². The zero-order valence-corrected chi connectivity index (χ0v) is 12.6. The van der Waals surface area contributed by atoms with Gasteiger partial charge in [-0.05, 0) is 31.0 Å². The van der Waals surface area contributed by atoms with Crippen LogP contribution in [0.25, 0.3) is 0 Å². The minimum absolute atomic E-state index is 0.0405. The van der Waals surface area contributed by atoms with Crippen LogP contribution >= 0.6 is 0 Å². The lowest BCUT2D eigenvalue weighted by molar-refractivity contribution is -0.138. The van der Waals surface area contributed by atoms with Gasteiger partial charge in [-0.2, -0.15) is 0 Å². The lowest BCUT2D eigenvalue weighted by Crippen LogP contribution is -2.45. The minimum atomic E-state index is -0.424. The van der Waals surface area contributed by atoms with Gasteiger partial charge in [0.1, 0.15) is 19.3 Å². The van der Waals surface area contributed by atoms with Crippen molar-refractivity contribution in [2.75, 3.05) is 26.3 Å². The fourth-order valence-corrected chi connectivity index (χ4v) is 2.76. The first-order chi connectivity index (χ1) is 10.6. The van der Waals surface area contributed by atoms with E-state index >= 15 is 0 Å². The largest absolute Gasteiger partial charge is 0.486 e. The van der Waals surface area contributed by atoms with Crippen molar-refractivity contribution in [2.45, 2.75) is 25.8 Å². The van der Waals surface area contributed by atoms with Gasteiger partial charge in [0.25, 0.3) is 0 Å². The summed E-state index contributed by atoms with van der Waals surface area (Å²) < 4.78 is 11.0. The first-order valence-electron chi connectivity index (χ1n) is 7.61. The smallest absolute Gasteiger partial charge is 0.242 e. The lowest BCUT2D eigenvalue weighted by Gasteiger charge is -2.26. The number of ether oxygens (including phenoxy) is 2. The van der Waals surface area contributed by atoms with E-state index in [4.69, 9.17) is 9.47 Å². The van der Waals surface area contributed by atoms with Gasteiger partial charge in [-0.1, -0.05) is 6.07 Å². The zero-order chi connectivity index (χ0) is 15.5. The van der Waals surface area contributed by atoms with Gasteiger partial charge in [-0.3, -0.25) is 9.59 Å². The molecule has 2 aliphatic rings. The van der Waals surface area contributed by atoms with Crippen LogP contribution in [-0.4, -0.2) is 49.1 Å². The molecule has 2 amide bonds. The summed E-state index contributed by atoms with van der Waals surface area (Å²) in [5.41, 5.74) is 0.867. The standard InChI is InChI=1S/C16H20N2O4/c1-11-16(20)17-5-2-6-18(11)15(19)10-12-3-4-13-14(9-12)22-8-7-21-13/h3-4,9,11H,2,5-8,10H2,1H3,(H,17,20). The summed E-state index contributed by atoms with van der Waals surface area (Å²) in [6, 6.07) is 5.12. The fourth-order valence-electron chi connectivity index (χ4n) is 2.76. The molecule has 0 bridgehead atoms. The second-order valence-corrected chi connectivity index (χ2v) is 5.56. The molecule has 1 aromatic rings. The summed E-state index contributed by atoms with van der Waals surface area (Å²) in [6.07, 6.45) is 1.04. The van der Waals surface area contributed by atoms with Gasteiger partial charge in [0.05, 0.1) is 6.42 Å². The van der Waals surface area contributed by atoms with Gasteiger partial charge in [0.15, 0.2) is 11.5 Å². The Hall–Kier alpha value is -2.24. The molecule has 1 aromatic carbocycles. The molecule has 2 heterocycles. The van der Waals surface area contributed by atoms with Crippen molar-refractivity contribution in [3.63, 3.8) is 0 Å². The maximum absolute atomic E-state index is 12.5. The molecule has 1 N–H and O–H groups in total. The monoisotopic (exact) mass is 304 g/mol. The molecule has 6 nitrogen and oxygen atoms in total. The van der Waals surface area contributed by atoms with Crippen LogP contribution < -0.4 is 14.8 Å². The Kier molecular flexibility index (Phi) is 4.18. The van der Waals surface area contributed by atoms with E-state index in [0.29, 0.717) is 37.8 Å². The Morgan fingerprint density at radius 2 is 2.09 bits per heavy atom. The average molecular weight is 304 g/mol. The molecule has 2 aliphatic heterocycles. The van der Waals surface area contributed by atoms with E-state index in [1.165, 1.54) is 0 Å². The van der Waals surface area contributed by atoms with Crippen LogP contribution in [0.5, 0.6) is 11.5 Å². The van der Waals surface area contributed by atoms with Gasteiger partial charge in [-0.15, -0.1) is 0 Å². The van der Waals surface area contributed by atoms with Crippen LogP contribution in [0.3, 0.4) is 0 Å². The van der Waals surface area contributed by atoms with Crippen molar-refractivity contribution >= 4 is 11.8 Å². The SMILES string of the molecule is CC1C(=O)NCCCN1C(=O)Cc1ccc2c(c1)OCCO2. The maximum Gasteiger partial charge on any atom is 0.242 e. The number of nitrogens with zero attached hydrogens (tertiary/aromatic N) is 1. The van der Waals surface area contributed by atoms with E-state index in [1.54, 1.807) is 11.8 Å². The van der Waals surface area contributed by atoms with Gasteiger partial charge in [0, 0.05) is 13.1 Å². The van der Waals surface area contributed by atoms with Crippen LogP contribution in [0.1, 0.15) is 18.9 Å². The number of nitrogens with one attached hydrogen (secondary N) is 1. The molecule has 1 atom stereocenters. The Morgan fingerprint density at radius 1 is 1.32 bits per heavy atom. The molecule has 1 saturated heterocycles. The van der Waals surface area contributed by atoms with E-state index in [0.717, 1.165) is 12.0 Å². The van der Waals surface area contributed by atoms with Crippen LogP contribution in [0.2, 0.25) is 0 Å². The average Bonchev–Trinajstić information content (AvgIpc) is 2.69. The number of carbonyl (C=O) groups excluding carboxylic acids is 2. The molecule has 1 fully saturated rings. The second kappa shape index (κ2) is 6.25. The van der Waals surface area contributed by atoms with E-state index in [2.05, 4.69) is 5.32 Å². The Bertz CT molecular complexity index is 588. The van der Waals surface area contributed by atoms with Crippen molar-refractivity contribution in [3.05, 3.63) is 23.8 Å². The number of amides is 2. The van der Waals surface area contributed by atoms with Crippen molar-refractivity contribution in [1.82, 2.24) is 10.2 Å². The number of benzene rings is 1. The quantitative estimate of drug-likeness (QED) is 0.875. The summed E-state index contributed by atoms with van der Waals surface area (Å²) in [5.74, 6) is 1.26. The summed E-state index contributed by atoms with van der Waals surface area (Å²) in [6.45, 7) is 4.06. The molecule has 0 aliphatic carbocycles. The summed E-state index contributed by atoms with van der Waals surface area (Å²) in [7, 11) is 0. The lowest BCUT2D eigenvalue weighted by atomic mass is 10.1. The normalized spacial score (nSPS) is 21.0. The Labute approximate surface area is 129 Å². The molecule has 0 spiro atoms. The zero-order valence-electron chi connectivity index (χ0n) is 12.6. The summed E-state index contributed by atoms with van der Waals surface area (Å²) in [4.78, 5) is 26.0. The third-order valence-corrected chi connectivity index (χ3v) is 4.00. The van der Waals surface area contributed by atoms with Gasteiger partial charge in [0.2, 0.25) is 11.8 Å². The molecule has 118 valence electrons. The number of rotatable bonds is 2. The number of hydrogen-bond donors (Lipinski definition) is 1. The van der Waals surface area contributed by atoms with Crippen LogP contribution in [0, 0.1) is 0 Å². The summed E-state index contributed by atoms with van der Waals surface area (Å²) >= 11 is 0. The van der Waals surface area contributed by atoms with Crippen molar-refractivity contribution in [2.24, 2.45) is 0 Å². The van der Waals surface area contributed by atoms with Crippen molar-refractivity contribution < 1.29 is 19.1 Å². The second-order valence-electron chi connectivity index (χ2n) is 5.56. The van der Waals surface area contributed by atoms with Crippen LogP contribution in [-0.2, 0) is 16.0 Å². The predicted molar refractivity (Wildman–Crippen MR) is 79.9 cm³/mol. The van der Waals surface area contributed by atoms with E-state index in [1.807, 2.05) is 18.2 Å². The van der Waals surface area contributed by atoms with E-state index in [9.17, 15) is 9.59 Å². The highest BCUT2D eigenvalue weighted by atomic mass is 16.6. The number of carbonyl (C=O) groups is 2. The predicted octanol–water partition coefficient (Wildman–Crippen LogP) is 0.737. The molecule has 0 radical (unpaired) electrons. The Balaban J connectivity index is 1.72. The first-order valence-corrected chi connectivity index (χ1v) is 7.61. The fraction of sp³-hybridized carbons (Fsp3) is 0.500. The molecule has 1 unspecified atom stereocenters. The van der Waals surface area contributed by atoms with Gasteiger partial charge >= 0.3 is 0 Å². The van der Waals surface area contributed by atoms with E-state index in [-0.39, 0.29) is 18.2 Å². The summed E-state index contributed by atoms with van der Waals surface area (Å²) in [5, 5.41) is 2.81.